The van der Waals surface area contributed by atoms with Crippen molar-refractivity contribution >= 4 is 34.7 Å². The third kappa shape index (κ3) is 3.24. The Morgan fingerprint density at radius 3 is 2.89 bits per heavy atom. The second-order valence-electron chi connectivity index (χ2n) is 4.01. The number of carbonyl (C=O) groups excluding carboxylic acids is 1. The summed E-state index contributed by atoms with van der Waals surface area (Å²) in [6.45, 7) is 2.55. The van der Waals surface area contributed by atoms with E-state index >= 15 is 0 Å². The first-order valence-corrected chi connectivity index (χ1v) is 7.02. The predicted octanol–water partition coefficient (Wildman–Crippen LogP) is 3.08. The van der Waals surface area contributed by atoms with Crippen LogP contribution in [0.5, 0.6) is 0 Å². The monoisotopic (exact) mass is 295 g/mol. The topological polar surface area (TPSA) is 54.0 Å². The first-order valence-electron chi connectivity index (χ1n) is 5.76. The van der Waals surface area contributed by atoms with Gasteiger partial charge in [0.1, 0.15) is 5.82 Å². The van der Waals surface area contributed by atoms with Crippen LogP contribution >= 0.6 is 22.9 Å². The number of thiophene rings is 1. The smallest absolute Gasteiger partial charge is 0.253 e. The zero-order chi connectivity index (χ0) is 13.8. The third-order valence-electron chi connectivity index (χ3n) is 2.72. The third-order valence-corrected chi connectivity index (χ3v) is 4.03. The summed E-state index contributed by atoms with van der Waals surface area (Å²) in [5.41, 5.74) is 1.64. The normalized spacial score (nSPS) is 10.3. The molecule has 4 nitrogen and oxygen atoms in total. The lowest BCUT2D eigenvalue weighted by Gasteiger charge is -2.07. The molecule has 0 radical (unpaired) electrons. The van der Waals surface area contributed by atoms with Crippen LogP contribution in [0, 0.1) is 6.92 Å². The Kier molecular flexibility index (Phi) is 4.39. The van der Waals surface area contributed by atoms with Crippen LogP contribution in [0.3, 0.4) is 0 Å². The van der Waals surface area contributed by atoms with E-state index in [9.17, 15) is 4.79 Å². The molecule has 2 aromatic rings. The molecule has 6 heteroatoms. The van der Waals surface area contributed by atoms with E-state index in [1.165, 1.54) is 11.8 Å². The number of hydrogen-bond donors (Lipinski definition) is 2. The Labute approximate surface area is 120 Å². The summed E-state index contributed by atoms with van der Waals surface area (Å²) < 4.78 is 0. The molecule has 0 aliphatic carbocycles. The Balaban J connectivity index is 2.04. The van der Waals surface area contributed by atoms with Crippen molar-refractivity contribution < 1.29 is 4.79 Å². The maximum Gasteiger partial charge on any atom is 0.253 e. The molecule has 2 N–H and O–H groups in total. The molecular formula is C13H14ClN3OS. The lowest BCUT2D eigenvalue weighted by molar-refractivity contribution is 0.0951. The maximum absolute atomic E-state index is 12.0. The highest BCUT2D eigenvalue weighted by Gasteiger charge is 2.10. The molecule has 0 spiro atoms. The molecule has 0 aliphatic heterocycles. The summed E-state index contributed by atoms with van der Waals surface area (Å²) in [4.78, 5) is 17.2. The Morgan fingerprint density at radius 1 is 1.53 bits per heavy atom. The summed E-state index contributed by atoms with van der Waals surface area (Å²) in [6, 6.07) is 3.64. The van der Waals surface area contributed by atoms with Crippen LogP contribution in [-0.4, -0.2) is 17.9 Å². The minimum absolute atomic E-state index is 0.176. The van der Waals surface area contributed by atoms with Gasteiger partial charge in [0.15, 0.2) is 0 Å². The van der Waals surface area contributed by atoms with Crippen molar-refractivity contribution in [2.75, 3.05) is 12.4 Å². The van der Waals surface area contributed by atoms with E-state index in [0.29, 0.717) is 22.9 Å². The molecule has 0 fully saturated rings. The molecule has 19 heavy (non-hydrogen) atoms. The van der Waals surface area contributed by atoms with Gasteiger partial charge >= 0.3 is 0 Å². The second-order valence-corrected chi connectivity index (χ2v) is 5.42. The van der Waals surface area contributed by atoms with Crippen LogP contribution in [0.4, 0.5) is 5.82 Å². The average molecular weight is 296 g/mol. The van der Waals surface area contributed by atoms with Crippen molar-refractivity contribution in [1.82, 2.24) is 10.3 Å². The number of hydrogen-bond acceptors (Lipinski definition) is 4. The van der Waals surface area contributed by atoms with E-state index in [4.69, 9.17) is 11.6 Å². The van der Waals surface area contributed by atoms with Crippen LogP contribution in [0.1, 0.15) is 20.8 Å². The van der Waals surface area contributed by atoms with Crippen molar-refractivity contribution in [2.24, 2.45) is 0 Å². The van der Waals surface area contributed by atoms with Crippen molar-refractivity contribution in [2.45, 2.75) is 13.5 Å². The Hall–Kier alpha value is -1.59. The van der Waals surface area contributed by atoms with Gasteiger partial charge in [-0.3, -0.25) is 4.79 Å². The van der Waals surface area contributed by atoms with Gasteiger partial charge in [-0.1, -0.05) is 11.6 Å². The molecule has 2 heterocycles. The molecule has 2 rings (SSSR count). The van der Waals surface area contributed by atoms with Gasteiger partial charge in [0.25, 0.3) is 5.91 Å². The number of amides is 1. The fourth-order valence-electron chi connectivity index (χ4n) is 1.59. The first-order chi connectivity index (χ1) is 9.11. The molecule has 0 aromatic carbocycles. The number of anilines is 1. The van der Waals surface area contributed by atoms with Crippen LogP contribution in [0.25, 0.3) is 0 Å². The van der Waals surface area contributed by atoms with E-state index in [2.05, 4.69) is 15.6 Å². The summed E-state index contributed by atoms with van der Waals surface area (Å²) in [5, 5.41) is 8.15. The minimum atomic E-state index is -0.176. The summed E-state index contributed by atoms with van der Waals surface area (Å²) >= 11 is 7.63. The molecule has 0 aliphatic rings. The van der Waals surface area contributed by atoms with Gasteiger partial charge in [-0.05, 0) is 30.0 Å². The van der Waals surface area contributed by atoms with Crippen molar-refractivity contribution in [1.29, 1.82) is 0 Å². The maximum atomic E-state index is 12.0. The number of halogens is 1. The first kappa shape index (κ1) is 13.8. The minimum Gasteiger partial charge on any atom is -0.372 e. The number of nitrogens with one attached hydrogen (secondary N) is 2. The highest BCUT2D eigenvalue weighted by molar-refractivity contribution is 7.10. The zero-order valence-corrected chi connectivity index (χ0v) is 12.2. The second kappa shape index (κ2) is 6.04. The van der Waals surface area contributed by atoms with E-state index < -0.39 is 0 Å². The molecule has 0 atom stereocenters. The predicted molar refractivity (Wildman–Crippen MR) is 79.0 cm³/mol. The average Bonchev–Trinajstić information content (AvgIpc) is 2.81. The largest absolute Gasteiger partial charge is 0.372 e. The molecule has 0 saturated carbocycles. The van der Waals surface area contributed by atoms with Crippen molar-refractivity contribution in [3.05, 3.63) is 44.7 Å². The van der Waals surface area contributed by atoms with Crippen molar-refractivity contribution in [3.63, 3.8) is 0 Å². The van der Waals surface area contributed by atoms with Crippen LogP contribution < -0.4 is 10.6 Å². The summed E-state index contributed by atoms with van der Waals surface area (Å²) in [5.74, 6) is 0.386. The van der Waals surface area contributed by atoms with Gasteiger partial charge < -0.3 is 10.6 Å². The van der Waals surface area contributed by atoms with Gasteiger partial charge in [-0.15, -0.1) is 11.3 Å². The number of aryl methyl sites for hydroxylation is 1. The molecule has 0 unspecified atom stereocenters. The standard InChI is InChI=1S/C13H14ClN3OS/c1-8-3-4-19-11(8)7-17-13(18)9-5-10(14)12(15-2)16-6-9/h3-6H,7H2,1-2H3,(H,15,16)(H,17,18). The Morgan fingerprint density at radius 2 is 2.32 bits per heavy atom. The molecule has 2 aromatic heterocycles. The van der Waals surface area contributed by atoms with Gasteiger partial charge in [-0.2, -0.15) is 0 Å². The van der Waals surface area contributed by atoms with Crippen molar-refractivity contribution in [3.8, 4) is 0 Å². The number of aromatic nitrogens is 1. The highest BCUT2D eigenvalue weighted by atomic mass is 35.5. The van der Waals surface area contributed by atoms with Crippen LogP contribution in [0.15, 0.2) is 23.7 Å². The van der Waals surface area contributed by atoms with E-state index in [-0.39, 0.29) is 5.91 Å². The fourth-order valence-corrected chi connectivity index (χ4v) is 2.70. The number of nitrogens with zero attached hydrogens (tertiary/aromatic N) is 1. The van der Waals surface area contributed by atoms with Gasteiger partial charge in [-0.25, -0.2) is 4.98 Å². The highest BCUT2D eigenvalue weighted by Crippen LogP contribution is 2.19. The Bertz CT molecular complexity index is 597. The van der Waals surface area contributed by atoms with E-state index in [1.807, 2.05) is 18.4 Å². The van der Waals surface area contributed by atoms with Gasteiger partial charge in [0, 0.05) is 18.1 Å². The van der Waals surface area contributed by atoms with E-state index in [1.54, 1.807) is 24.5 Å². The van der Waals surface area contributed by atoms with Gasteiger partial charge in [0.05, 0.1) is 17.1 Å². The van der Waals surface area contributed by atoms with Crippen LogP contribution in [-0.2, 0) is 6.54 Å². The number of pyridine rings is 1. The number of carbonyl (C=O) groups is 1. The summed E-state index contributed by atoms with van der Waals surface area (Å²) in [7, 11) is 1.73. The zero-order valence-electron chi connectivity index (χ0n) is 10.7. The van der Waals surface area contributed by atoms with Crippen LogP contribution in [0.2, 0.25) is 5.02 Å². The van der Waals surface area contributed by atoms with Gasteiger partial charge in [0.2, 0.25) is 0 Å². The molecule has 0 bridgehead atoms. The molecular weight excluding hydrogens is 282 g/mol. The molecule has 100 valence electrons. The molecule has 1 amide bonds. The lowest BCUT2D eigenvalue weighted by Crippen LogP contribution is -2.22. The molecule has 0 saturated heterocycles. The van der Waals surface area contributed by atoms with E-state index in [0.717, 1.165) is 4.88 Å². The quantitative estimate of drug-likeness (QED) is 0.911. The SMILES string of the molecule is CNc1ncc(C(=O)NCc2sccc2C)cc1Cl. The lowest BCUT2D eigenvalue weighted by atomic mass is 10.2. The summed E-state index contributed by atoms with van der Waals surface area (Å²) in [6.07, 6.45) is 1.51. The number of rotatable bonds is 4. The fraction of sp³-hybridized carbons (Fsp3) is 0.231.